The zero-order valence-corrected chi connectivity index (χ0v) is 10.5. The molecule has 0 spiro atoms. The molecule has 5 nitrogen and oxygen atoms in total. The summed E-state index contributed by atoms with van der Waals surface area (Å²) in [5.74, 6) is -1.90. The Labute approximate surface area is 113 Å². The number of carbonyl (C=O) groups excluding carboxylic acids is 1. The summed E-state index contributed by atoms with van der Waals surface area (Å²) in [7, 11) is 0. The van der Waals surface area contributed by atoms with E-state index in [0.717, 1.165) is 0 Å². The van der Waals surface area contributed by atoms with E-state index in [1.165, 1.54) is 0 Å². The van der Waals surface area contributed by atoms with Gasteiger partial charge in [0.25, 0.3) is 0 Å². The number of carbonyl (C=O) groups is 2. The maximum atomic E-state index is 11.8. The molecule has 1 aromatic heterocycles. The molecule has 0 aliphatic rings. The van der Waals surface area contributed by atoms with Gasteiger partial charge in [-0.15, -0.1) is 0 Å². The lowest BCUT2D eigenvalue weighted by Gasteiger charge is -2.07. The molecular weight excluding hydrogens is 270 g/mol. The van der Waals surface area contributed by atoms with E-state index in [9.17, 15) is 14.7 Å². The largest absolute Gasteiger partial charge is 0.505 e. The Morgan fingerprint density at radius 3 is 2.42 bits per heavy atom. The van der Waals surface area contributed by atoms with Crippen molar-refractivity contribution in [3.05, 3.63) is 35.1 Å². The second kappa shape index (κ2) is 5.24. The summed E-state index contributed by atoms with van der Waals surface area (Å²) in [6.45, 7) is 0. The van der Waals surface area contributed by atoms with Crippen LogP contribution in [0, 0.1) is 0 Å². The van der Waals surface area contributed by atoms with Gasteiger partial charge in [-0.25, -0.2) is 4.98 Å². The number of aromatic hydroxyl groups is 1. The number of hydrogen-bond donors (Lipinski definition) is 2. The quantitative estimate of drug-likeness (QED) is 0.663. The summed E-state index contributed by atoms with van der Waals surface area (Å²) in [6.07, 6.45) is -0.547. The number of benzene rings is 1. The van der Waals surface area contributed by atoms with Crippen molar-refractivity contribution in [2.24, 2.45) is 0 Å². The van der Waals surface area contributed by atoms with Crippen molar-refractivity contribution >= 4 is 34.1 Å². The molecule has 0 saturated carbocycles. The lowest BCUT2D eigenvalue weighted by molar-refractivity contribution is -0.136. The Morgan fingerprint density at radius 1 is 1.16 bits per heavy atom. The summed E-state index contributed by atoms with van der Waals surface area (Å²) in [5.41, 5.74) is -0.190. The standard InChI is InChI=1S/C13H10ClNO4/c14-13-8-4-2-1-3-7(8)12(19)11(15-13)9(16)5-6-10(17)18/h1-4,19H,5-6H2,(H,17,18). The molecule has 1 heterocycles. The minimum atomic E-state index is -1.08. The molecule has 1 aromatic carbocycles. The van der Waals surface area contributed by atoms with Crippen LogP contribution < -0.4 is 0 Å². The Morgan fingerprint density at radius 2 is 1.79 bits per heavy atom. The zero-order chi connectivity index (χ0) is 14.0. The molecule has 0 amide bonds. The first-order valence-electron chi connectivity index (χ1n) is 5.53. The normalized spacial score (nSPS) is 10.6. The van der Waals surface area contributed by atoms with Crippen LogP contribution in [-0.2, 0) is 4.79 Å². The predicted octanol–water partition coefficient (Wildman–Crippen LogP) is 2.64. The molecule has 6 heteroatoms. The van der Waals surface area contributed by atoms with Crippen LogP contribution in [0.5, 0.6) is 5.75 Å². The van der Waals surface area contributed by atoms with E-state index in [2.05, 4.69) is 4.98 Å². The van der Waals surface area contributed by atoms with E-state index in [1.807, 2.05) is 0 Å². The molecular formula is C13H10ClNO4. The smallest absolute Gasteiger partial charge is 0.303 e. The molecule has 2 rings (SSSR count). The van der Waals surface area contributed by atoms with Crippen LogP contribution in [0.1, 0.15) is 23.3 Å². The molecule has 98 valence electrons. The Balaban J connectivity index is 2.47. The van der Waals surface area contributed by atoms with Crippen molar-refractivity contribution in [1.82, 2.24) is 4.98 Å². The number of aromatic nitrogens is 1. The van der Waals surface area contributed by atoms with E-state index >= 15 is 0 Å². The number of halogens is 1. The molecule has 0 radical (unpaired) electrons. The van der Waals surface area contributed by atoms with E-state index in [4.69, 9.17) is 16.7 Å². The number of aliphatic carboxylic acids is 1. The second-order valence-corrected chi connectivity index (χ2v) is 4.32. The highest BCUT2D eigenvalue weighted by Gasteiger charge is 2.18. The molecule has 0 atom stereocenters. The van der Waals surface area contributed by atoms with Crippen molar-refractivity contribution in [3.63, 3.8) is 0 Å². The van der Waals surface area contributed by atoms with E-state index < -0.39 is 11.8 Å². The lowest BCUT2D eigenvalue weighted by atomic mass is 10.1. The molecule has 0 saturated heterocycles. The molecule has 0 aliphatic carbocycles. The van der Waals surface area contributed by atoms with E-state index in [-0.39, 0.29) is 29.4 Å². The predicted molar refractivity (Wildman–Crippen MR) is 69.6 cm³/mol. The molecule has 2 N–H and O–H groups in total. The fourth-order valence-electron chi connectivity index (χ4n) is 1.74. The second-order valence-electron chi connectivity index (χ2n) is 3.96. The summed E-state index contributed by atoms with van der Waals surface area (Å²) in [4.78, 5) is 26.1. The third kappa shape index (κ3) is 2.66. The third-order valence-corrected chi connectivity index (χ3v) is 2.96. The summed E-state index contributed by atoms with van der Waals surface area (Å²) < 4.78 is 0. The average Bonchev–Trinajstić information content (AvgIpc) is 2.40. The first kappa shape index (κ1) is 13.3. The van der Waals surface area contributed by atoms with Gasteiger partial charge in [0, 0.05) is 17.2 Å². The van der Waals surface area contributed by atoms with Gasteiger partial charge in [0.1, 0.15) is 10.8 Å². The molecule has 0 bridgehead atoms. The summed E-state index contributed by atoms with van der Waals surface area (Å²) in [6, 6.07) is 6.73. The molecule has 0 unspecified atom stereocenters. The maximum absolute atomic E-state index is 11.8. The van der Waals surface area contributed by atoms with Gasteiger partial charge in [0.2, 0.25) is 0 Å². The van der Waals surface area contributed by atoms with Crippen LogP contribution >= 0.6 is 11.6 Å². The first-order valence-corrected chi connectivity index (χ1v) is 5.90. The van der Waals surface area contributed by atoms with Gasteiger partial charge in [-0.3, -0.25) is 9.59 Å². The highest BCUT2D eigenvalue weighted by Crippen LogP contribution is 2.32. The van der Waals surface area contributed by atoms with Gasteiger partial charge >= 0.3 is 5.97 Å². The van der Waals surface area contributed by atoms with Gasteiger partial charge in [-0.05, 0) is 0 Å². The minimum absolute atomic E-state index is 0.104. The number of ketones is 1. The first-order chi connectivity index (χ1) is 9.00. The zero-order valence-electron chi connectivity index (χ0n) is 9.76. The highest BCUT2D eigenvalue weighted by atomic mass is 35.5. The van der Waals surface area contributed by atoms with Gasteiger partial charge in [0.05, 0.1) is 6.42 Å². The van der Waals surface area contributed by atoms with Crippen molar-refractivity contribution in [2.45, 2.75) is 12.8 Å². The lowest BCUT2D eigenvalue weighted by Crippen LogP contribution is -2.06. The number of nitrogens with zero attached hydrogens (tertiary/aromatic N) is 1. The number of rotatable bonds is 4. The summed E-state index contributed by atoms with van der Waals surface area (Å²) >= 11 is 5.95. The number of Topliss-reactive ketones (excluding diaryl/α,β-unsaturated/α-hetero) is 1. The number of carboxylic acid groups (broad SMARTS) is 1. The number of fused-ring (bicyclic) bond motifs is 1. The number of carboxylic acids is 1. The fourth-order valence-corrected chi connectivity index (χ4v) is 1.99. The monoisotopic (exact) mass is 279 g/mol. The average molecular weight is 280 g/mol. The van der Waals surface area contributed by atoms with Crippen LogP contribution in [-0.4, -0.2) is 26.9 Å². The topological polar surface area (TPSA) is 87.5 Å². The molecule has 0 aliphatic heterocycles. The fraction of sp³-hybridized carbons (Fsp3) is 0.154. The highest BCUT2D eigenvalue weighted by molar-refractivity contribution is 6.34. The number of hydrogen-bond acceptors (Lipinski definition) is 4. The van der Waals surface area contributed by atoms with Crippen molar-refractivity contribution in [1.29, 1.82) is 0 Å². The number of pyridine rings is 1. The SMILES string of the molecule is O=C(O)CCC(=O)c1nc(Cl)c2ccccc2c1O. The summed E-state index contributed by atoms with van der Waals surface area (Å²) in [5, 5.41) is 19.6. The molecule has 2 aromatic rings. The van der Waals surface area contributed by atoms with Crippen LogP contribution in [0.4, 0.5) is 0 Å². The van der Waals surface area contributed by atoms with Crippen LogP contribution in [0.2, 0.25) is 5.15 Å². The van der Waals surface area contributed by atoms with Gasteiger partial charge < -0.3 is 10.2 Å². The van der Waals surface area contributed by atoms with Gasteiger partial charge in [0.15, 0.2) is 11.5 Å². The third-order valence-electron chi connectivity index (χ3n) is 2.67. The molecule has 0 fully saturated rings. The Hall–Kier alpha value is -2.14. The van der Waals surface area contributed by atoms with Crippen molar-refractivity contribution in [2.75, 3.05) is 0 Å². The van der Waals surface area contributed by atoms with E-state index in [0.29, 0.717) is 10.8 Å². The van der Waals surface area contributed by atoms with Crippen LogP contribution in [0.15, 0.2) is 24.3 Å². The van der Waals surface area contributed by atoms with Crippen molar-refractivity contribution in [3.8, 4) is 5.75 Å². The Bertz CT molecular complexity index is 669. The van der Waals surface area contributed by atoms with E-state index in [1.54, 1.807) is 24.3 Å². The van der Waals surface area contributed by atoms with Gasteiger partial charge in [-0.2, -0.15) is 0 Å². The minimum Gasteiger partial charge on any atom is -0.505 e. The van der Waals surface area contributed by atoms with Crippen molar-refractivity contribution < 1.29 is 19.8 Å². The van der Waals surface area contributed by atoms with Gasteiger partial charge in [-0.1, -0.05) is 35.9 Å². The van der Waals surface area contributed by atoms with Crippen LogP contribution in [0.3, 0.4) is 0 Å². The van der Waals surface area contributed by atoms with Crippen LogP contribution in [0.25, 0.3) is 10.8 Å². The Kier molecular flexibility index (Phi) is 3.66. The maximum Gasteiger partial charge on any atom is 0.303 e. The molecule has 19 heavy (non-hydrogen) atoms.